The van der Waals surface area contributed by atoms with Gasteiger partial charge in [0.25, 0.3) is 0 Å². The number of nitrogens with zero attached hydrogens (tertiary/aromatic N) is 1. The summed E-state index contributed by atoms with van der Waals surface area (Å²) >= 11 is 0. The minimum atomic E-state index is 0.202. The van der Waals surface area contributed by atoms with Crippen LogP contribution >= 0.6 is 0 Å². The lowest BCUT2D eigenvalue weighted by Crippen LogP contribution is -2.36. The topological polar surface area (TPSA) is 53.1 Å². The van der Waals surface area contributed by atoms with Crippen LogP contribution in [0.1, 0.15) is 27.2 Å². The van der Waals surface area contributed by atoms with Crippen LogP contribution in [-0.4, -0.2) is 29.9 Å². The van der Waals surface area contributed by atoms with E-state index in [1.807, 2.05) is 6.92 Å². The van der Waals surface area contributed by atoms with Gasteiger partial charge in [0.1, 0.15) is 0 Å². The molecule has 0 aliphatic carbocycles. The average molecular weight is 183 g/mol. The van der Waals surface area contributed by atoms with Crippen molar-refractivity contribution in [1.82, 2.24) is 4.90 Å². The zero-order valence-electron chi connectivity index (χ0n) is 8.88. The van der Waals surface area contributed by atoms with Crippen molar-refractivity contribution in [1.29, 1.82) is 5.41 Å². The number of amidine groups is 1. The van der Waals surface area contributed by atoms with Gasteiger partial charge in [0.05, 0.1) is 5.84 Å². The van der Waals surface area contributed by atoms with Crippen LogP contribution in [0.3, 0.4) is 0 Å². The van der Waals surface area contributed by atoms with E-state index >= 15 is 0 Å². The van der Waals surface area contributed by atoms with Crippen LogP contribution < -0.4 is 5.73 Å². The second-order valence-electron chi connectivity index (χ2n) is 4.50. The smallest absolute Gasteiger partial charge is 0.0947 e. The van der Waals surface area contributed by atoms with E-state index in [2.05, 4.69) is 18.7 Å². The van der Waals surface area contributed by atoms with Crippen LogP contribution in [0, 0.1) is 17.2 Å². The van der Waals surface area contributed by atoms with Crippen LogP contribution in [0.2, 0.25) is 0 Å². The molecule has 0 aromatic carbocycles. The molecule has 0 spiro atoms. The molecule has 0 amide bonds. The molecular weight excluding hydrogens is 162 g/mol. The zero-order chi connectivity index (χ0) is 10.0. The molecule has 3 atom stereocenters. The molecule has 1 aliphatic rings. The molecule has 3 nitrogen and oxygen atoms in total. The van der Waals surface area contributed by atoms with Crippen molar-refractivity contribution in [3.63, 3.8) is 0 Å². The van der Waals surface area contributed by atoms with E-state index in [1.54, 1.807) is 0 Å². The highest BCUT2D eigenvalue weighted by Crippen LogP contribution is 2.22. The lowest BCUT2D eigenvalue weighted by molar-refractivity contribution is 0.249. The molecule has 1 saturated heterocycles. The molecule has 0 aromatic rings. The number of likely N-dealkylation sites (tertiary alicyclic amines) is 1. The van der Waals surface area contributed by atoms with Gasteiger partial charge in [-0.3, -0.25) is 10.3 Å². The first-order chi connectivity index (χ1) is 6.00. The molecule has 0 bridgehead atoms. The van der Waals surface area contributed by atoms with E-state index in [4.69, 9.17) is 11.1 Å². The first-order valence-corrected chi connectivity index (χ1v) is 5.08. The number of hydrogen-bond acceptors (Lipinski definition) is 2. The largest absolute Gasteiger partial charge is 0.387 e. The summed E-state index contributed by atoms with van der Waals surface area (Å²) in [6.45, 7) is 8.68. The van der Waals surface area contributed by atoms with Gasteiger partial charge in [0, 0.05) is 25.0 Å². The minimum Gasteiger partial charge on any atom is -0.387 e. The molecule has 76 valence electrons. The number of nitrogens with two attached hydrogens (primary N) is 1. The Balaban J connectivity index is 2.41. The fourth-order valence-corrected chi connectivity index (χ4v) is 2.09. The summed E-state index contributed by atoms with van der Waals surface area (Å²) in [5, 5.41) is 7.33. The van der Waals surface area contributed by atoms with E-state index in [0.717, 1.165) is 12.5 Å². The predicted octanol–water partition coefficient (Wildman–Crippen LogP) is 1.29. The Morgan fingerprint density at radius 1 is 1.62 bits per heavy atom. The Labute approximate surface area is 80.8 Å². The van der Waals surface area contributed by atoms with Crippen molar-refractivity contribution in [2.75, 3.05) is 13.1 Å². The van der Waals surface area contributed by atoms with Crippen molar-refractivity contribution in [3.05, 3.63) is 0 Å². The number of rotatable bonds is 3. The van der Waals surface area contributed by atoms with E-state index < -0.39 is 0 Å². The van der Waals surface area contributed by atoms with Crippen molar-refractivity contribution in [2.45, 2.75) is 33.2 Å². The molecule has 0 radical (unpaired) electrons. The maximum absolute atomic E-state index is 7.33. The minimum absolute atomic E-state index is 0.202. The molecule has 0 saturated carbocycles. The van der Waals surface area contributed by atoms with Gasteiger partial charge in [0.2, 0.25) is 0 Å². The van der Waals surface area contributed by atoms with Crippen LogP contribution in [0.15, 0.2) is 0 Å². The Morgan fingerprint density at radius 2 is 2.23 bits per heavy atom. The summed E-state index contributed by atoms with van der Waals surface area (Å²) in [4.78, 5) is 2.44. The zero-order valence-corrected chi connectivity index (χ0v) is 8.88. The highest BCUT2D eigenvalue weighted by Gasteiger charge is 2.27. The maximum Gasteiger partial charge on any atom is 0.0947 e. The summed E-state index contributed by atoms with van der Waals surface area (Å²) in [5.41, 5.74) is 5.45. The monoisotopic (exact) mass is 183 g/mol. The third-order valence-electron chi connectivity index (χ3n) is 2.95. The third kappa shape index (κ3) is 2.69. The Hall–Kier alpha value is -0.570. The Morgan fingerprint density at radius 3 is 2.62 bits per heavy atom. The molecule has 3 N–H and O–H groups in total. The highest BCUT2D eigenvalue weighted by atomic mass is 15.2. The van der Waals surface area contributed by atoms with Gasteiger partial charge in [-0.05, 0) is 19.3 Å². The average Bonchev–Trinajstić information content (AvgIpc) is 2.30. The highest BCUT2D eigenvalue weighted by molar-refractivity contribution is 5.79. The van der Waals surface area contributed by atoms with Gasteiger partial charge < -0.3 is 5.73 Å². The second-order valence-corrected chi connectivity index (χ2v) is 4.50. The second kappa shape index (κ2) is 4.09. The van der Waals surface area contributed by atoms with Gasteiger partial charge in [-0.1, -0.05) is 13.8 Å². The van der Waals surface area contributed by atoms with Crippen molar-refractivity contribution in [2.24, 2.45) is 17.6 Å². The van der Waals surface area contributed by atoms with Gasteiger partial charge in [-0.15, -0.1) is 0 Å². The van der Waals surface area contributed by atoms with E-state index in [-0.39, 0.29) is 5.92 Å². The lowest BCUT2D eigenvalue weighted by Gasteiger charge is -2.24. The quantitative estimate of drug-likeness (QED) is 0.511. The van der Waals surface area contributed by atoms with E-state index in [1.165, 1.54) is 13.0 Å². The fourth-order valence-electron chi connectivity index (χ4n) is 2.09. The summed E-state index contributed by atoms with van der Waals surface area (Å²) in [6.07, 6.45) is 1.28. The van der Waals surface area contributed by atoms with Crippen molar-refractivity contribution in [3.8, 4) is 0 Å². The molecule has 1 rings (SSSR count). The summed E-state index contributed by atoms with van der Waals surface area (Å²) < 4.78 is 0. The first-order valence-electron chi connectivity index (χ1n) is 5.08. The van der Waals surface area contributed by atoms with Crippen molar-refractivity contribution < 1.29 is 0 Å². The first kappa shape index (κ1) is 10.5. The summed E-state index contributed by atoms with van der Waals surface area (Å²) in [5.74, 6) is 1.31. The molecule has 3 unspecified atom stereocenters. The van der Waals surface area contributed by atoms with Crippen LogP contribution in [0.4, 0.5) is 0 Å². The molecule has 0 aromatic heterocycles. The molecule has 13 heavy (non-hydrogen) atoms. The number of nitrogens with one attached hydrogen (secondary N) is 1. The molecule has 1 fully saturated rings. The van der Waals surface area contributed by atoms with Gasteiger partial charge in [-0.2, -0.15) is 0 Å². The van der Waals surface area contributed by atoms with Crippen LogP contribution in [0.5, 0.6) is 0 Å². The standard InChI is InChI=1S/C10H21N3/c1-7-4-9(3)13(5-7)6-8(2)10(11)12/h7-9H,4-6H2,1-3H3,(H3,11,12). The number of hydrogen-bond donors (Lipinski definition) is 2. The van der Waals surface area contributed by atoms with Gasteiger partial charge in [-0.25, -0.2) is 0 Å². The summed E-state index contributed by atoms with van der Waals surface area (Å²) in [7, 11) is 0. The Kier molecular flexibility index (Phi) is 3.31. The molecule has 1 heterocycles. The molecular formula is C10H21N3. The van der Waals surface area contributed by atoms with Crippen molar-refractivity contribution >= 4 is 5.84 Å². The van der Waals surface area contributed by atoms with Crippen LogP contribution in [-0.2, 0) is 0 Å². The maximum atomic E-state index is 7.33. The Bertz CT molecular complexity index is 191. The summed E-state index contributed by atoms with van der Waals surface area (Å²) in [6, 6.07) is 0.664. The SMILES string of the molecule is CC1CC(C)N(CC(C)C(=N)N)C1. The lowest BCUT2D eigenvalue weighted by atomic mass is 10.1. The van der Waals surface area contributed by atoms with Gasteiger partial charge >= 0.3 is 0 Å². The molecule has 1 aliphatic heterocycles. The third-order valence-corrected chi connectivity index (χ3v) is 2.95. The van der Waals surface area contributed by atoms with Crippen LogP contribution in [0.25, 0.3) is 0 Å². The normalized spacial score (nSPS) is 31.9. The fraction of sp³-hybridized carbons (Fsp3) is 0.900. The predicted molar refractivity (Wildman–Crippen MR) is 55.9 cm³/mol. The van der Waals surface area contributed by atoms with Gasteiger partial charge in [0.15, 0.2) is 0 Å². The van der Waals surface area contributed by atoms with E-state index in [9.17, 15) is 0 Å². The molecule has 3 heteroatoms. The van der Waals surface area contributed by atoms with E-state index in [0.29, 0.717) is 11.9 Å².